The summed E-state index contributed by atoms with van der Waals surface area (Å²) in [6.45, 7) is 6.31. The van der Waals surface area contributed by atoms with Crippen LogP contribution in [0.2, 0.25) is 0 Å². The van der Waals surface area contributed by atoms with Crippen molar-refractivity contribution in [3.63, 3.8) is 0 Å². The summed E-state index contributed by atoms with van der Waals surface area (Å²) in [6.07, 6.45) is 1.06. The molecule has 0 aliphatic carbocycles. The van der Waals surface area contributed by atoms with Crippen LogP contribution in [0.1, 0.15) is 20.3 Å². The van der Waals surface area contributed by atoms with Gasteiger partial charge in [-0.05, 0) is 13.3 Å². The average Bonchev–Trinajstić information content (AvgIpc) is 2.16. The van der Waals surface area contributed by atoms with Gasteiger partial charge in [-0.1, -0.05) is 6.92 Å². The van der Waals surface area contributed by atoms with Crippen LogP contribution in [-0.4, -0.2) is 45.6 Å². The summed E-state index contributed by atoms with van der Waals surface area (Å²) >= 11 is 0. The third-order valence-corrected chi connectivity index (χ3v) is 2.39. The van der Waals surface area contributed by atoms with Crippen molar-refractivity contribution in [3.05, 3.63) is 0 Å². The van der Waals surface area contributed by atoms with Crippen LogP contribution in [0.4, 0.5) is 0 Å². The molecule has 0 saturated carbocycles. The zero-order valence-electron chi connectivity index (χ0n) is 9.80. The van der Waals surface area contributed by atoms with Crippen LogP contribution >= 0.6 is 0 Å². The van der Waals surface area contributed by atoms with Gasteiger partial charge in [0.1, 0.15) is 0 Å². The minimum absolute atomic E-state index is 0.104. The highest BCUT2D eigenvalue weighted by atomic mass is 16.5. The Hall–Kier alpha value is -0.160. The minimum atomic E-state index is -0.134. The first kappa shape index (κ1) is 13.8. The molecule has 0 aliphatic heterocycles. The Balaban J connectivity index is 3.60. The van der Waals surface area contributed by atoms with Gasteiger partial charge in [-0.2, -0.15) is 0 Å². The van der Waals surface area contributed by atoms with E-state index >= 15 is 0 Å². The molecule has 0 bridgehead atoms. The van der Waals surface area contributed by atoms with Crippen molar-refractivity contribution >= 4 is 0 Å². The molecule has 0 fully saturated rings. The molecule has 0 aromatic carbocycles. The van der Waals surface area contributed by atoms with Crippen LogP contribution in [0.25, 0.3) is 0 Å². The standard InChI is InChI=1S/C10H24N2O2/c1-5-10(2,11)8-12-6-9(14-4)7-13-3/h9,12H,5-8,11H2,1-4H3. The Labute approximate surface area is 87.1 Å². The van der Waals surface area contributed by atoms with E-state index in [0.717, 1.165) is 19.5 Å². The maximum Gasteiger partial charge on any atom is 0.0928 e. The van der Waals surface area contributed by atoms with Gasteiger partial charge in [-0.15, -0.1) is 0 Å². The van der Waals surface area contributed by atoms with Crippen molar-refractivity contribution < 1.29 is 9.47 Å². The Morgan fingerprint density at radius 2 is 2.07 bits per heavy atom. The fourth-order valence-corrected chi connectivity index (χ4v) is 1.04. The van der Waals surface area contributed by atoms with Gasteiger partial charge >= 0.3 is 0 Å². The second-order valence-corrected chi connectivity index (χ2v) is 3.95. The smallest absolute Gasteiger partial charge is 0.0928 e. The third-order valence-electron chi connectivity index (χ3n) is 2.39. The van der Waals surface area contributed by atoms with Crippen molar-refractivity contribution in [3.8, 4) is 0 Å². The first-order valence-electron chi connectivity index (χ1n) is 5.07. The highest BCUT2D eigenvalue weighted by Crippen LogP contribution is 2.02. The fourth-order valence-electron chi connectivity index (χ4n) is 1.04. The van der Waals surface area contributed by atoms with E-state index in [-0.39, 0.29) is 11.6 Å². The molecular formula is C10H24N2O2. The minimum Gasteiger partial charge on any atom is -0.382 e. The molecule has 2 atom stereocenters. The van der Waals surface area contributed by atoms with Crippen LogP contribution in [0.15, 0.2) is 0 Å². The second kappa shape index (κ2) is 7.17. The van der Waals surface area contributed by atoms with Gasteiger partial charge in [0, 0.05) is 32.8 Å². The molecule has 0 aromatic heterocycles. The summed E-state index contributed by atoms with van der Waals surface area (Å²) in [7, 11) is 3.36. The van der Waals surface area contributed by atoms with Gasteiger partial charge < -0.3 is 20.5 Å². The van der Waals surface area contributed by atoms with Gasteiger partial charge in [-0.25, -0.2) is 0 Å². The van der Waals surface area contributed by atoms with E-state index in [1.807, 2.05) is 6.92 Å². The predicted molar refractivity (Wildman–Crippen MR) is 58.4 cm³/mol. The quantitative estimate of drug-likeness (QED) is 0.599. The molecule has 86 valence electrons. The van der Waals surface area contributed by atoms with Crippen molar-refractivity contribution in [1.29, 1.82) is 0 Å². The first-order chi connectivity index (χ1) is 6.55. The highest BCUT2D eigenvalue weighted by Gasteiger charge is 2.15. The van der Waals surface area contributed by atoms with Crippen LogP contribution in [0, 0.1) is 0 Å². The highest BCUT2D eigenvalue weighted by molar-refractivity contribution is 4.79. The summed E-state index contributed by atoms with van der Waals surface area (Å²) < 4.78 is 10.2. The number of rotatable bonds is 8. The van der Waals surface area contributed by atoms with Crippen LogP contribution in [0.5, 0.6) is 0 Å². The van der Waals surface area contributed by atoms with Crippen molar-refractivity contribution in [2.75, 3.05) is 33.9 Å². The Bertz CT molecular complexity index is 140. The molecule has 0 aliphatic rings. The van der Waals surface area contributed by atoms with Gasteiger partial charge in [-0.3, -0.25) is 0 Å². The predicted octanol–water partition coefficient (Wildman–Crippen LogP) is 0.365. The monoisotopic (exact) mass is 204 g/mol. The van der Waals surface area contributed by atoms with Gasteiger partial charge in [0.25, 0.3) is 0 Å². The SMILES string of the molecule is CCC(C)(N)CNCC(COC)OC. The lowest BCUT2D eigenvalue weighted by molar-refractivity contribution is 0.0283. The van der Waals surface area contributed by atoms with E-state index in [4.69, 9.17) is 15.2 Å². The molecule has 0 amide bonds. The average molecular weight is 204 g/mol. The molecule has 0 aromatic rings. The molecule has 3 N–H and O–H groups in total. The summed E-state index contributed by atoms with van der Waals surface area (Å²) in [6, 6.07) is 0. The Morgan fingerprint density at radius 1 is 1.43 bits per heavy atom. The lowest BCUT2D eigenvalue weighted by Crippen LogP contribution is -2.47. The molecule has 0 radical (unpaired) electrons. The van der Waals surface area contributed by atoms with Crippen molar-refractivity contribution in [1.82, 2.24) is 5.32 Å². The summed E-state index contributed by atoms with van der Waals surface area (Å²) in [5.41, 5.74) is 5.85. The van der Waals surface area contributed by atoms with Gasteiger partial charge in [0.2, 0.25) is 0 Å². The van der Waals surface area contributed by atoms with E-state index in [2.05, 4.69) is 12.2 Å². The zero-order valence-corrected chi connectivity index (χ0v) is 9.80. The largest absolute Gasteiger partial charge is 0.382 e. The van der Waals surface area contributed by atoms with E-state index in [1.165, 1.54) is 0 Å². The number of ether oxygens (including phenoxy) is 2. The Kier molecular flexibility index (Phi) is 7.09. The second-order valence-electron chi connectivity index (χ2n) is 3.95. The third kappa shape index (κ3) is 6.32. The van der Waals surface area contributed by atoms with E-state index in [9.17, 15) is 0 Å². The molecule has 0 spiro atoms. The molecule has 0 heterocycles. The van der Waals surface area contributed by atoms with Gasteiger partial charge in [0.05, 0.1) is 12.7 Å². The fraction of sp³-hybridized carbons (Fsp3) is 1.00. The van der Waals surface area contributed by atoms with Crippen LogP contribution in [-0.2, 0) is 9.47 Å². The van der Waals surface area contributed by atoms with Crippen LogP contribution < -0.4 is 11.1 Å². The number of methoxy groups -OCH3 is 2. The molecule has 4 nitrogen and oxygen atoms in total. The molecule has 14 heavy (non-hydrogen) atoms. The lowest BCUT2D eigenvalue weighted by Gasteiger charge is -2.24. The van der Waals surface area contributed by atoms with Crippen molar-refractivity contribution in [2.24, 2.45) is 5.73 Å². The normalized spacial score (nSPS) is 17.8. The van der Waals surface area contributed by atoms with Gasteiger partial charge in [0.15, 0.2) is 0 Å². The van der Waals surface area contributed by atoms with Crippen molar-refractivity contribution in [2.45, 2.75) is 31.9 Å². The molecule has 2 unspecified atom stereocenters. The van der Waals surface area contributed by atoms with E-state index < -0.39 is 0 Å². The number of hydrogen-bond acceptors (Lipinski definition) is 4. The van der Waals surface area contributed by atoms with E-state index in [0.29, 0.717) is 6.61 Å². The molecule has 0 rings (SSSR count). The maximum atomic E-state index is 5.98. The molecule has 4 heteroatoms. The number of nitrogens with two attached hydrogens (primary N) is 1. The summed E-state index contributed by atoms with van der Waals surface area (Å²) in [5.74, 6) is 0. The summed E-state index contributed by atoms with van der Waals surface area (Å²) in [4.78, 5) is 0. The number of hydrogen-bond donors (Lipinski definition) is 2. The molecular weight excluding hydrogens is 180 g/mol. The summed E-state index contributed by atoms with van der Waals surface area (Å²) in [5, 5.41) is 3.28. The Morgan fingerprint density at radius 3 is 2.50 bits per heavy atom. The number of nitrogens with one attached hydrogen (secondary N) is 1. The maximum absolute atomic E-state index is 5.98. The zero-order chi connectivity index (χ0) is 11.0. The lowest BCUT2D eigenvalue weighted by atomic mass is 10.0. The molecule has 0 saturated heterocycles. The van der Waals surface area contributed by atoms with E-state index in [1.54, 1.807) is 14.2 Å². The topological polar surface area (TPSA) is 56.5 Å². The van der Waals surface area contributed by atoms with Crippen LogP contribution in [0.3, 0.4) is 0 Å². The first-order valence-corrected chi connectivity index (χ1v) is 5.07.